The molecule has 0 bridgehead atoms. The molecule has 0 saturated carbocycles. The quantitative estimate of drug-likeness (QED) is 0.388. The van der Waals surface area contributed by atoms with E-state index in [-0.39, 0.29) is 12.0 Å². The normalized spacial score (nSPS) is 11.7. The van der Waals surface area contributed by atoms with Crippen LogP contribution < -0.4 is 10.6 Å². The summed E-state index contributed by atoms with van der Waals surface area (Å²) in [5.41, 5.74) is 1.09. The van der Waals surface area contributed by atoms with E-state index in [1.807, 2.05) is 0 Å². The van der Waals surface area contributed by atoms with Crippen LogP contribution in [0.2, 0.25) is 0 Å². The molecule has 0 radical (unpaired) electrons. The number of urea groups is 1. The lowest BCUT2D eigenvalue weighted by molar-refractivity contribution is 0.0526. The summed E-state index contributed by atoms with van der Waals surface area (Å²) in [4.78, 5) is 23.5. The predicted octanol–water partition coefficient (Wildman–Crippen LogP) is 4.61. The third kappa shape index (κ3) is 9.99. The second-order valence-corrected chi connectivity index (χ2v) is 6.52. The van der Waals surface area contributed by atoms with Crippen molar-refractivity contribution in [3.63, 3.8) is 0 Å². The minimum absolute atomic E-state index is 0.270. The monoisotopic (exact) mass is 378 g/mol. The molecule has 0 heterocycles. The molecular weight excluding hydrogens is 344 g/mol. The van der Waals surface area contributed by atoms with Gasteiger partial charge in [0.1, 0.15) is 0 Å². The highest BCUT2D eigenvalue weighted by Gasteiger charge is 2.07. The first-order valence-corrected chi connectivity index (χ1v) is 10.00. The zero-order valence-corrected chi connectivity index (χ0v) is 16.9. The Kier molecular flexibility index (Phi) is 11.9. The number of anilines is 1. The summed E-state index contributed by atoms with van der Waals surface area (Å²) in [6.07, 6.45) is 5.63. The Morgan fingerprint density at radius 1 is 1.07 bits per heavy atom. The van der Waals surface area contributed by atoms with Gasteiger partial charge in [0.15, 0.2) is 0 Å². The standard InChI is InChI=1S/C21H34N2O4/c1-4-7-9-17(5-2)16-26-15-8-14-22-21(25)23-19-12-10-18(11-13-19)20(24)27-6-3/h10-13,17H,4-9,14-16H2,1-3H3,(H2,22,23,25). The molecule has 0 aliphatic heterocycles. The zero-order chi connectivity index (χ0) is 19.9. The van der Waals surface area contributed by atoms with Gasteiger partial charge in [-0.2, -0.15) is 0 Å². The van der Waals surface area contributed by atoms with Gasteiger partial charge in [0.2, 0.25) is 0 Å². The molecule has 6 heteroatoms. The zero-order valence-electron chi connectivity index (χ0n) is 16.9. The van der Waals surface area contributed by atoms with Crippen molar-refractivity contribution in [3.05, 3.63) is 29.8 Å². The summed E-state index contributed by atoms with van der Waals surface area (Å²) in [5.74, 6) is 0.271. The number of unbranched alkanes of at least 4 members (excludes halogenated alkanes) is 1. The van der Waals surface area contributed by atoms with Crippen LogP contribution in [0.1, 0.15) is 63.2 Å². The summed E-state index contributed by atoms with van der Waals surface area (Å²) in [6, 6.07) is 6.34. The van der Waals surface area contributed by atoms with Crippen molar-refractivity contribution < 1.29 is 19.1 Å². The molecule has 152 valence electrons. The fourth-order valence-electron chi connectivity index (χ4n) is 2.60. The van der Waals surface area contributed by atoms with Gasteiger partial charge in [-0.1, -0.05) is 33.1 Å². The van der Waals surface area contributed by atoms with Gasteiger partial charge in [-0.15, -0.1) is 0 Å². The van der Waals surface area contributed by atoms with Crippen molar-refractivity contribution in [2.75, 3.05) is 31.7 Å². The van der Waals surface area contributed by atoms with Crippen LogP contribution in [0.15, 0.2) is 24.3 Å². The number of benzene rings is 1. The molecular formula is C21H34N2O4. The summed E-state index contributed by atoms with van der Waals surface area (Å²) < 4.78 is 10.6. The van der Waals surface area contributed by atoms with Gasteiger partial charge in [0, 0.05) is 25.4 Å². The van der Waals surface area contributed by atoms with Gasteiger partial charge in [0.05, 0.1) is 12.2 Å². The number of esters is 1. The summed E-state index contributed by atoms with van der Waals surface area (Å²) in [7, 11) is 0. The topological polar surface area (TPSA) is 76.7 Å². The van der Waals surface area contributed by atoms with E-state index in [2.05, 4.69) is 24.5 Å². The Labute approximate surface area is 163 Å². The van der Waals surface area contributed by atoms with Crippen molar-refractivity contribution in [3.8, 4) is 0 Å². The Hall–Kier alpha value is -2.08. The largest absolute Gasteiger partial charge is 0.462 e. The second kappa shape index (κ2) is 14.0. The molecule has 0 saturated heterocycles. The maximum Gasteiger partial charge on any atom is 0.338 e. The molecule has 1 aromatic rings. The molecule has 0 spiro atoms. The van der Waals surface area contributed by atoms with Crippen LogP contribution in [0.5, 0.6) is 0 Å². The van der Waals surface area contributed by atoms with Gasteiger partial charge in [-0.05, 0) is 49.9 Å². The first-order valence-electron chi connectivity index (χ1n) is 10.00. The number of amides is 2. The number of carbonyl (C=O) groups is 2. The number of rotatable bonds is 13. The van der Waals surface area contributed by atoms with Gasteiger partial charge >= 0.3 is 12.0 Å². The first kappa shape index (κ1) is 23.0. The fraction of sp³-hybridized carbons (Fsp3) is 0.619. The van der Waals surface area contributed by atoms with E-state index in [9.17, 15) is 9.59 Å². The number of carbonyl (C=O) groups excluding carboxylic acids is 2. The highest BCUT2D eigenvalue weighted by Crippen LogP contribution is 2.13. The summed E-state index contributed by atoms with van der Waals surface area (Å²) in [5, 5.41) is 5.54. The average molecular weight is 379 g/mol. The van der Waals surface area contributed by atoms with Crippen LogP contribution in [-0.2, 0) is 9.47 Å². The Morgan fingerprint density at radius 3 is 2.44 bits per heavy atom. The van der Waals surface area contributed by atoms with E-state index >= 15 is 0 Å². The van der Waals surface area contributed by atoms with Crippen molar-refractivity contribution in [1.29, 1.82) is 0 Å². The van der Waals surface area contributed by atoms with Crippen LogP contribution in [0.4, 0.5) is 10.5 Å². The minimum atomic E-state index is -0.367. The van der Waals surface area contributed by atoms with Crippen LogP contribution >= 0.6 is 0 Å². The molecule has 1 unspecified atom stereocenters. The molecule has 6 nitrogen and oxygen atoms in total. The molecule has 1 aromatic carbocycles. The first-order chi connectivity index (χ1) is 13.1. The number of ether oxygens (including phenoxy) is 2. The van der Waals surface area contributed by atoms with Crippen LogP contribution in [0.25, 0.3) is 0 Å². The van der Waals surface area contributed by atoms with E-state index in [1.54, 1.807) is 31.2 Å². The molecule has 27 heavy (non-hydrogen) atoms. The summed E-state index contributed by atoms with van der Waals surface area (Å²) in [6.45, 7) is 8.51. The second-order valence-electron chi connectivity index (χ2n) is 6.52. The lowest BCUT2D eigenvalue weighted by Crippen LogP contribution is -2.30. The van der Waals surface area contributed by atoms with Crippen molar-refractivity contribution >= 4 is 17.7 Å². The molecule has 0 aromatic heterocycles. The maximum atomic E-state index is 11.9. The van der Waals surface area contributed by atoms with E-state index in [4.69, 9.17) is 9.47 Å². The molecule has 0 aliphatic rings. The molecule has 1 atom stereocenters. The van der Waals surface area contributed by atoms with Crippen LogP contribution in [-0.4, -0.2) is 38.4 Å². The average Bonchev–Trinajstić information content (AvgIpc) is 2.67. The Bertz CT molecular complexity index is 546. The van der Waals surface area contributed by atoms with Crippen molar-refractivity contribution in [1.82, 2.24) is 5.32 Å². The van der Waals surface area contributed by atoms with E-state index in [0.29, 0.717) is 36.9 Å². The Morgan fingerprint density at radius 2 is 1.81 bits per heavy atom. The van der Waals surface area contributed by atoms with Crippen molar-refractivity contribution in [2.45, 2.75) is 52.9 Å². The third-order valence-corrected chi connectivity index (χ3v) is 4.30. The van der Waals surface area contributed by atoms with E-state index in [1.165, 1.54) is 19.3 Å². The van der Waals surface area contributed by atoms with Gasteiger partial charge in [-0.3, -0.25) is 0 Å². The van der Waals surface area contributed by atoms with Crippen molar-refractivity contribution in [2.24, 2.45) is 5.92 Å². The highest BCUT2D eigenvalue weighted by atomic mass is 16.5. The number of hydrogen-bond donors (Lipinski definition) is 2. The minimum Gasteiger partial charge on any atom is -0.462 e. The summed E-state index contributed by atoms with van der Waals surface area (Å²) >= 11 is 0. The van der Waals surface area contributed by atoms with Gasteiger partial charge in [-0.25, -0.2) is 9.59 Å². The highest BCUT2D eigenvalue weighted by molar-refractivity contribution is 5.92. The van der Waals surface area contributed by atoms with E-state index < -0.39 is 0 Å². The van der Waals surface area contributed by atoms with Crippen LogP contribution in [0, 0.1) is 5.92 Å². The van der Waals surface area contributed by atoms with E-state index in [0.717, 1.165) is 19.4 Å². The lowest BCUT2D eigenvalue weighted by Gasteiger charge is -2.14. The SMILES string of the molecule is CCCCC(CC)COCCCNC(=O)Nc1ccc(C(=O)OCC)cc1. The van der Waals surface area contributed by atoms with Gasteiger partial charge < -0.3 is 20.1 Å². The lowest BCUT2D eigenvalue weighted by atomic mass is 10.0. The Balaban J connectivity index is 2.17. The number of nitrogens with one attached hydrogen (secondary N) is 2. The molecule has 0 fully saturated rings. The predicted molar refractivity (Wildman–Crippen MR) is 108 cm³/mol. The smallest absolute Gasteiger partial charge is 0.338 e. The maximum absolute atomic E-state index is 11.9. The molecule has 0 aliphatic carbocycles. The van der Waals surface area contributed by atoms with Crippen LogP contribution in [0.3, 0.4) is 0 Å². The molecule has 2 N–H and O–H groups in total. The fourth-order valence-corrected chi connectivity index (χ4v) is 2.60. The molecule has 2 amide bonds. The number of hydrogen-bond acceptors (Lipinski definition) is 4. The molecule has 1 rings (SSSR count). The van der Waals surface area contributed by atoms with Gasteiger partial charge in [0.25, 0.3) is 0 Å². The third-order valence-electron chi connectivity index (χ3n) is 4.30.